The molecule has 2 aromatic rings. The van der Waals surface area contributed by atoms with Gasteiger partial charge in [-0.15, -0.1) is 0 Å². The standard InChI is InChI=1S/C14H17N5O3S/c1-9-13(7-16-18-9)17-14(20)12-6-15-5-10-8-19(23(2,21)22)4-3-11(10)12/h5-7H,3-4,8H2,1-2H3,(H,16,18)(H,17,20). The number of nitrogens with one attached hydrogen (secondary N) is 2. The second-order valence-electron chi connectivity index (χ2n) is 5.53. The van der Waals surface area contributed by atoms with Crippen LogP contribution in [0.3, 0.4) is 0 Å². The first-order valence-electron chi connectivity index (χ1n) is 7.08. The fourth-order valence-corrected chi connectivity index (χ4v) is 3.41. The fraction of sp³-hybridized carbons (Fsp3) is 0.357. The Kier molecular flexibility index (Phi) is 3.90. The molecule has 1 aliphatic heterocycles. The van der Waals surface area contributed by atoms with Gasteiger partial charge in [0.15, 0.2) is 0 Å². The number of fused-ring (bicyclic) bond motifs is 1. The van der Waals surface area contributed by atoms with E-state index < -0.39 is 10.0 Å². The largest absolute Gasteiger partial charge is 0.319 e. The number of anilines is 1. The summed E-state index contributed by atoms with van der Waals surface area (Å²) >= 11 is 0. The van der Waals surface area contributed by atoms with Crippen molar-refractivity contribution < 1.29 is 13.2 Å². The molecule has 3 heterocycles. The number of aromatic amines is 1. The Balaban J connectivity index is 1.88. The Bertz CT molecular complexity index is 859. The van der Waals surface area contributed by atoms with Gasteiger partial charge in [-0.05, 0) is 24.5 Å². The molecule has 0 fully saturated rings. The van der Waals surface area contributed by atoms with E-state index in [1.165, 1.54) is 16.8 Å². The molecule has 1 aliphatic rings. The fourth-order valence-electron chi connectivity index (χ4n) is 2.61. The first-order chi connectivity index (χ1) is 10.9. The smallest absolute Gasteiger partial charge is 0.257 e. The Morgan fingerprint density at radius 3 is 2.78 bits per heavy atom. The third-order valence-electron chi connectivity index (χ3n) is 3.90. The summed E-state index contributed by atoms with van der Waals surface area (Å²) in [4.78, 5) is 16.6. The number of carbonyl (C=O) groups is 1. The average Bonchev–Trinajstić information content (AvgIpc) is 2.90. The molecule has 0 unspecified atom stereocenters. The number of hydrogen-bond acceptors (Lipinski definition) is 5. The Morgan fingerprint density at radius 1 is 1.35 bits per heavy atom. The summed E-state index contributed by atoms with van der Waals surface area (Å²) in [6.07, 6.45) is 6.34. The molecule has 23 heavy (non-hydrogen) atoms. The average molecular weight is 335 g/mol. The number of H-pyrrole nitrogens is 1. The first-order valence-corrected chi connectivity index (χ1v) is 8.93. The summed E-state index contributed by atoms with van der Waals surface area (Å²) in [5.41, 5.74) is 3.45. The lowest BCUT2D eigenvalue weighted by molar-refractivity contribution is 0.102. The molecule has 0 aromatic carbocycles. The molecule has 1 amide bonds. The normalized spacial score (nSPS) is 15.2. The molecule has 2 aromatic heterocycles. The predicted molar refractivity (Wildman–Crippen MR) is 84.5 cm³/mol. The summed E-state index contributed by atoms with van der Waals surface area (Å²) < 4.78 is 24.7. The minimum Gasteiger partial charge on any atom is -0.319 e. The molecule has 2 N–H and O–H groups in total. The first kappa shape index (κ1) is 15.6. The number of amides is 1. The van der Waals surface area contributed by atoms with Crippen molar-refractivity contribution in [3.05, 3.63) is 41.0 Å². The lowest BCUT2D eigenvalue weighted by Crippen LogP contribution is -2.36. The number of aryl methyl sites for hydroxylation is 1. The lowest BCUT2D eigenvalue weighted by Gasteiger charge is -2.27. The molecule has 0 saturated heterocycles. The van der Waals surface area contributed by atoms with Crippen molar-refractivity contribution in [1.82, 2.24) is 19.5 Å². The van der Waals surface area contributed by atoms with Gasteiger partial charge >= 0.3 is 0 Å². The number of pyridine rings is 1. The van der Waals surface area contributed by atoms with E-state index in [1.54, 1.807) is 12.4 Å². The van der Waals surface area contributed by atoms with Crippen LogP contribution < -0.4 is 5.32 Å². The van der Waals surface area contributed by atoms with E-state index in [0.29, 0.717) is 24.2 Å². The second kappa shape index (κ2) is 5.74. The molecule has 0 saturated carbocycles. The third kappa shape index (κ3) is 3.10. The van der Waals surface area contributed by atoms with Gasteiger partial charge < -0.3 is 5.32 Å². The van der Waals surface area contributed by atoms with Gasteiger partial charge in [0.1, 0.15) is 0 Å². The number of rotatable bonds is 3. The maximum atomic E-state index is 12.5. The highest BCUT2D eigenvalue weighted by atomic mass is 32.2. The molecule has 0 atom stereocenters. The Hall–Kier alpha value is -2.26. The number of hydrogen-bond donors (Lipinski definition) is 2. The van der Waals surface area contributed by atoms with Crippen LogP contribution in [0.4, 0.5) is 5.69 Å². The summed E-state index contributed by atoms with van der Waals surface area (Å²) in [5, 5.41) is 9.41. The van der Waals surface area contributed by atoms with Crippen LogP contribution >= 0.6 is 0 Å². The molecule has 8 nitrogen and oxygen atoms in total. The zero-order valence-corrected chi connectivity index (χ0v) is 13.6. The summed E-state index contributed by atoms with van der Waals surface area (Å²) in [6, 6.07) is 0. The van der Waals surface area contributed by atoms with Crippen LogP contribution in [-0.4, -0.2) is 46.6 Å². The van der Waals surface area contributed by atoms with Gasteiger partial charge in [-0.2, -0.15) is 9.40 Å². The van der Waals surface area contributed by atoms with Crippen LogP contribution in [0.25, 0.3) is 0 Å². The van der Waals surface area contributed by atoms with Crippen molar-refractivity contribution >= 4 is 21.6 Å². The van der Waals surface area contributed by atoms with E-state index in [1.807, 2.05) is 6.92 Å². The van der Waals surface area contributed by atoms with Crippen molar-refractivity contribution in [2.75, 3.05) is 18.1 Å². The molecule has 3 rings (SSSR count). The Labute approximate surface area is 134 Å². The SMILES string of the molecule is Cc1[nH]ncc1NC(=O)c1cncc2c1CCN(S(C)(=O)=O)C2. The van der Waals surface area contributed by atoms with Gasteiger partial charge in [0.05, 0.1) is 29.4 Å². The van der Waals surface area contributed by atoms with Crippen molar-refractivity contribution in [2.24, 2.45) is 0 Å². The molecular formula is C14H17N5O3S. The van der Waals surface area contributed by atoms with Crippen LogP contribution in [-0.2, 0) is 23.0 Å². The van der Waals surface area contributed by atoms with Gasteiger partial charge in [-0.25, -0.2) is 8.42 Å². The van der Waals surface area contributed by atoms with Crippen LogP contribution in [0.2, 0.25) is 0 Å². The zero-order chi connectivity index (χ0) is 16.6. The summed E-state index contributed by atoms with van der Waals surface area (Å²) in [7, 11) is -3.26. The molecule has 0 spiro atoms. The molecule has 122 valence electrons. The predicted octanol–water partition coefficient (Wildman–Crippen LogP) is 0.683. The van der Waals surface area contributed by atoms with E-state index >= 15 is 0 Å². The highest BCUT2D eigenvalue weighted by molar-refractivity contribution is 7.88. The molecule has 0 aliphatic carbocycles. The van der Waals surface area contributed by atoms with E-state index in [9.17, 15) is 13.2 Å². The molecule has 0 radical (unpaired) electrons. The third-order valence-corrected chi connectivity index (χ3v) is 5.15. The minimum absolute atomic E-state index is 0.243. The topological polar surface area (TPSA) is 108 Å². The van der Waals surface area contributed by atoms with E-state index in [0.717, 1.165) is 16.8 Å². The van der Waals surface area contributed by atoms with Gasteiger partial charge in [0.2, 0.25) is 10.0 Å². The van der Waals surface area contributed by atoms with Crippen molar-refractivity contribution in [1.29, 1.82) is 0 Å². The van der Waals surface area contributed by atoms with Crippen LogP contribution in [0, 0.1) is 6.92 Å². The van der Waals surface area contributed by atoms with E-state index in [-0.39, 0.29) is 12.5 Å². The van der Waals surface area contributed by atoms with E-state index in [2.05, 4.69) is 20.5 Å². The number of nitrogens with zero attached hydrogens (tertiary/aromatic N) is 3. The molecular weight excluding hydrogens is 318 g/mol. The van der Waals surface area contributed by atoms with Crippen molar-refractivity contribution in [3.8, 4) is 0 Å². The zero-order valence-electron chi connectivity index (χ0n) is 12.8. The van der Waals surface area contributed by atoms with Gasteiger partial charge in [-0.3, -0.25) is 14.9 Å². The second-order valence-corrected chi connectivity index (χ2v) is 7.52. The maximum absolute atomic E-state index is 12.5. The molecule has 9 heteroatoms. The minimum atomic E-state index is -3.26. The number of aromatic nitrogens is 3. The van der Waals surface area contributed by atoms with Crippen LogP contribution in [0.15, 0.2) is 18.6 Å². The number of sulfonamides is 1. The molecule has 0 bridgehead atoms. The highest BCUT2D eigenvalue weighted by Gasteiger charge is 2.26. The lowest BCUT2D eigenvalue weighted by atomic mass is 9.98. The summed E-state index contributed by atoms with van der Waals surface area (Å²) in [6.45, 7) is 2.42. The van der Waals surface area contributed by atoms with Gasteiger partial charge in [0, 0.05) is 25.5 Å². The van der Waals surface area contributed by atoms with Crippen LogP contribution in [0.1, 0.15) is 27.2 Å². The summed E-state index contributed by atoms with van der Waals surface area (Å²) in [5.74, 6) is -0.272. The van der Waals surface area contributed by atoms with Gasteiger partial charge in [0.25, 0.3) is 5.91 Å². The van der Waals surface area contributed by atoms with Crippen molar-refractivity contribution in [2.45, 2.75) is 19.9 Å². The Morgan fingerprint density at radius 2 is 2.13 bits per heavy atom. The van der Waals surface area contributed by atoms with Gasteiger partial charge in [-0.1, -0.05) is 0 Å². The van der Waals surface area contributed by atoms with Crippen molar-refractivity contribution in [3.63, 3.8) is 0 Å². The number of carbonyl (C=O) groups excluding carboxylic acids is 1. The quantitative estimate of drug-likeness (QED) is 0.857. The van der Waals surface area contributed by atoms with Crippen LogP contribution in [0.5, 0.6) is 0 Å². The maximum Gasteiger partial charge on any atom is 0.257 e. The van der Waals surface area contributed by atoms with E-state index in [4.69, 9.17) is 0 Å². The highest BCUT2D eigenvalue weighted by Crippen LogP contribution is 2.24. The monoisotopic (exact) mass is 335 g/mol.